The smallest absolute Gasteiger partial charge is 0.124 e. The van der Waals surface area contributed by atoms with E-state index in [1.165, 1.54) is 5.56 Å². The van der Waals surface area contributed by atoms with Crippen molar-refractivity contribution < 1.29 is 9.47 Å². The Labute approximate surface area is 98.6 Å². The van der Waals surface area contributed by atoms with Gasteiger partial charge in [-0.1, -0.05) is 32.9 Å². The molecule has 0 aliphatic carbocycles. The van der Waals surface area contributed by atoms with Gasteiger partial charge in [0.2, 0.25) is 0 Å². The second-order valence-corrected chi connectivity index (χ2v) is 4.28. The highest BCUT2D eigenvalue weighted by Gasteiger charge is 2.06. The lowest BCUT2D eigenvalue weighted by Crippen LogP contribution is -1.99. The SMILES string of the molecule is CCCOCc1ccc(C(C)C)cc1OC. The van der Waals surface area contributed by atoms with E-state index >= 15 is 0 Å². The molecule has 0 fully saturated rings. The van der Waals surface area contributed by atoms with E-state index in [-0.39, 0.29) is 0 Å². The number of hydrogen-bond donors (Lipinski definition) is 0. The van der Waals surface area contributed by atoms with E-state index in [0.717, 1.165) is 24.3 Å². The summed E-state index contributed by atoms with van der Waals surface area (Å²) in [5, 5.41) is 0. The lowest BCUT2D eigenvalue weighted by Gasteiger charge is -2.12. The number of ether oxygens (including phenoxy) is 2. The lowest BCUT2D eigenvalue weighted by atomic mass is 10.0. The maximum Gasteiger partial charge on any atom is 0.124 e. The molecule has 1 aromatic rings. The van der Waals surface area contributed by atoms with Gasteiger partial charge in [0.05, 0.1) is 13.7 Å². The van der Waals surface area contributed by atoms with Crippen LogP contribution in [-0.4, -0.2) is 13.7 Å². The first-order chi connectivity index (χ1) is 7.69. The van der Waals surface area contributed by atoms with Crippen molar-refractivity contribution in [3.05, 3.63) is 29.3 Å². The monoisotopic (exact) mass is 222 g/mol. The van der Waals surface area contributed by atoms with E-state index < -0.39 is 0 Å². The molecule has 0 N–H and O–H groups in total. The molecule has 1 rings (SSSR count). The van der Waals surface area contributed by atoms with Crippen LogP contribution in [-0.2, 0) is 11.3 Å². The van der Waals surface area contributed by atoms with Crippen LogP contribution in [0.1, 0.15) is 44.2 Å². The fourth-order valence-electron chi connectivity index (χ4n) is 1.57. The Morgan fingerprint density at radius 2 is 2.00 bits per heavy atom. The molecule has 0 aliphatic heterocycles. The van der Waals surface area contributed by atoms with Crippen LogP contribution in [0.15, 0.2) is 18.2 Å². The van der Waals surface area contributed by atoms with Crippen molar-refractivity contribution in [1.82, 2.24) is 0 Å². The van der Waals surface area contributed by atoms with E-state index in [4.69, 9.17) is 9.47 Å². The second kappa shape index (κ2) is 6.54. The number of rotatable bonds is 6. The summed E-state index contributed by atoms with van der Waals surface area (Å²) in [7, 11) is 1.71. The van der Waals surface area contributed by atoms with E-state index in [9.17, 15) is 0 Å². The number of benzene rings is 1. The Kier molecular flexibility index (Phi) is 5.33. The molecule has 0 unspecified atom stereocenters. The minimum absolute atomic E-state index is 0.527. The largest absolute Gasteiger partial charge is 0.496 e. The minimum Gasteiger partial charge on any atom is -0.496 e. The van der Waals surface area contributed by atoms with Crippen molar-refractivity contribution >= 4 is 0 Å². The zero-order valence-corrected chi connectivity index (χ0v) is 10.7. The van der Waals surface area contributed by atoms with Gasteiger partial charge in [0.15, 0.2) is 0 Å². The summed E-state index contributed by atoms with van der Waals surface area (Å²) in [4.78, 5) is 0. The third kappa shape index (κ3) is 3.53. The highest BCUT2D eigenvalue weighted by molar-refractivity contribution is 5.38. The topological polar surface area (TPSA) is 18.5 Å². The van der Waals surface area contributed by atoms with Gasteiger partial charge in [-0.15, -0.1) is 0 Å². The van der Waals surface area contributed by atoms with Crippen molar-refractivity contribution in [3.8, 4) is 5.75 Å². The predicted molar refractivity (Wildman–Crippen MR) is 67.0 cm³/mol. The Morgan fingerprint density at radius 3 is 2.56 bits per heavy atom. The van der Waals surface area contributed by atoms with Crippen LogP contribution in [0.2, 0.25) is 0 Å². The molecule has 0 saturated heterocycles. The highest BCUT2D eigenvalue weighted by Crippen LogP contribution is 2.25. The molecule has 0 amide bonds. The van der Waals surface area contributed by atoms with Gasteiger partial charge in [0.25, 0.3) is 0 Å². The Morgan fingerprint density at radius 1 is 1.25 bits per heavy atom. The van der Waals surface area contributed by atoms with E-state index in [1.54, 1.807) is 7.11 Å². The summed E-state index contributed by atoms with van der Waals surface area (Å²) in [5.41, 5.74) is 2.43. The predicted octanol–water partition coefficient (Wildman–Crippen LogP) is 3.75. The maximum absolute atomic E-state index is 5.53. The van der Waals surface area contributed by atoms with Crippen molar-refractivity contribution in [2.24, 2.45) is 0 Å². The van der Waals surface area contributed by atoms with Gasteiger partial charge in [-0.25, -0.2) is 0 Å². The molecule has 0 radical (unpaired) electrons. The van der Waals surface area contributed by atoms with Crippen LogP contribution >= 0.6 is 0 Å². The molecule has 0 heterocycles. The van der Waals surface area contributed by atoms with Crippen LogP contribution in [0.3, 0.4) is 0 Å². The molecule has 0 saturated carbocycles. The molecule has 1 aromatic carbocycles. The van der Waals surface area contributed by atoms with Crippen molar-refractivity contribution in [2.75, 3.05) is 13.7 Å². The number of hydrogen-bond acceptors (Lipinski definition) is 2. The molecular formula is C14H22O2. The van der Waals surface area contributed by atoms with E-state index in [1.807, 2.05) is 0 Å². The first-order valence-electron chi connectivity index (χ1n) is 5.93. The Hall–Kier alpha value is -1.02. The van der Waals surface area contributed by atoms with Gasteiger partial charge >= 0.3 is 0 Å². The van der Waals surface area contributed by atoms with Crippen molar-refractivity contribution in [2.45, 2.75) is 39.7 Å². The molecule has 0 atom stereocenters. The van der Waals surface area contributed by atoms with Crippen LogP contribution in [0.4, 0.5) is 0 Å². The summed E-state index contributed by atoms with van der Waals surface area (Å²) in [5.74, 6) is 1.46. The van der Waals surface area contributed by atoms with Gasteiger partial charge in [-0.3, -0.25) is 0 Å². The van der Waals surface area contributed by atoms with Gasteiger partial charge in [0, 0.05) is 12.2 Å². The summed E-state index contributed by atoms with van der Waals surface area (Å²) in [6.07, 6.45) is 1.05. The number of methoxy groups -OCH3 is 1. The van der Waals surface area contributed by atoms with Gasteiger partial charge in [-0.2, -0.15) is 0 Å². The van der Waals surface area contributed by atoms with Gasteiger partial charge in [-0.05, 0) is 24.0 Å². The lowest BCUT2D eigenvalue weighted by molar-refractivity contribution is 0.119. The van der Waals surface area contributed by atoms with Crippen LogP contribution < -0.4 is 4.74 Å². The summed E-state index contributed by atoms with van der Waals surface area (Å²) < 4.78 is 10.9. The average Bonchev–Trinajstić information content (AvgIpc) is 2.29. The van der Waals surface area contributed by atoms with E-state index in [2.05, 4.69) is 39.0 Å². The summed E-state index contributed by atoms with van der Waals surface area (Å²) in [6, 6.07) is 6.36. The zero-order valence-electron chi connectivity index (χ0n) is 10.7. The molecule has 0 spiro atoms. The third-order valence-electron chi connectivity index (χ3n) is 2.58. The molecule has 90 valence electrons. The van der Waals surface area contributed by atoms with Crippen LogP contribution in [0.5, 0.6) is 5.75 Å². The zero-order chi connectivity index (χ0) is 12.0. The first kappa shape index (κ1) is 13.0. The molecular weight excluding hydrogens is 200 g/mol. The molecule has 0 bridgehead atoms. The van der Waals surface area contributed by atoms with Crippen LogP contribution in [0.25, 0.3) is 0 Å². The fraction of sp³-hybridized carbons (Fsp3) is 0.571. The average molecular weight is 222 g/mol. The van der Waals surface area contributed by atoms with Crippen LogP contribution in [0, 0.1) is 0 Å². The molecule has 2 nitrogen and oxygen atoms in total. The maximum atomic E-state index is 5.53. The highest BCUT2D eigenvalue weighted by atomic mass is 16.5. The minimum atomic E-state index is 0.527. The normalized spacial score (nSPS) is 10.8. The van der Waals surface area contributed by atoms with Crippen molar-refractivity contribution in [3.63, 3.8) is 0 Å². The van der Waals surface area contributed by atoms with Gasteiger partial charge in [0.1, 0.15) is 5.75 Å². The molecule has 0 aliphatic rings. The molecule has 2 heteroatoms. The summed E-state index contributed by atoms with van der Waals surface area (Å²) >= 11 is 0. The third-order valence-corrected chi connectivity index (χ3v) is 2.58. The quantitative estimate of drug-likeness (QED) is 0.682. The van der Waals surface area contributed by atoms with Gasteiger partial charge < -0.3 is 9.47 Å². The Bertz CT molecular complexity index is 319. The molecule has 0 aromatic heterocycles. The molecule has 16 heavy (non-hydrogen) atoms. The second-order valence-electron chi connectivity index (χ2n) is 4.28. The standard InChI is InChI=1S/C14H22O2/c1-5-8-16-10-13-7-6-12(11(2)3)9-14(13)15-4/h6-7,9,11H,5,8,10H2,1-4H3. The Balaban J connectivity index is 2.76. The van der Waals surface area contributed by atoms with Crippen molar-refractivity contribution in [1.29, 1.82) is 0 Å². The van der Waals surface area contributed by atoms with E-state index in [0.29, 0.717) is 12.5 Å². The fourth-order valence-corrected chi connectivity index (χ4v) is 1.57. The summed E-state index contributed by atoms with van der Waals surface area (Å²) in [6.45, 7) is 7.91. The first-order valence-corrected chi connectivity index (χ1v) is 5.93.